The fourth-order valence-corrected chi connectivity index (χ4v) is 2.51. The molecule has 2 aromatic rings. The zero-order valence-corrected chi connectivity index (χ0v) is 12.4. The topological polar surface area (TPSA) is 45.1 Å². The van der Waals surface area contributed by atoms with Crippen LogP contribution in [0.25, 0.3) is 11.3 Å². The second kappa shape index (κ2) is 6.11. The number of nitrogens with zero attached hydrogens (tertiary/aromatic N) is 1. The van der Waals surface area contributed by atoms with Crippen molar-refractivity contribution in [3.05, 3.63) is 34.1 Å². The van der Waals surface area contributed by atoms with Crippen LogP contribution in [0.1, 0.15) is 0 Å². The average Bonchev–Trinajstić information content (AvgIpc) is 2.84. The van der Waals surface area contributed by atoms with Gasteiger partial charge in [-0.3, -0.25) is 0 Å². The van der Waals surface area contributed by atoms with Crippen LogP contribution in [0.2, 0.25) is 0 Å². The lowest BCUT2D eigenvalue weighted by Gasteiger charge is -2.18. The van der Waals surface area contributed by atoms with Crippen molar-refractivity contribution >= 4 is 32.4 Å². The summed E-state index contributed by atoms with van der Waals surface area (Å²) in [7, 11) is 0. The van der Waals surface area contributed by atoms with E-state index in [2.05, 4.69) is 26.2 Å². The van der Waals surface area contributed by atoms with Crippen molar-refractivity contribution in [1.82, 2.24) is 4.98 Å². The van der Waals surface area contributed by atoms with E-state index in [-0.39, 0.29) is 5.13 Å². The van der Waals surface area contributed by atoms with E-state index in [9.17, 15) is 13.2 Å². The van der Waals surface area contributed by atoms with E-state index in [0.29, 0.717) is 5.69 Å². The average molecular weight is 367 g/mol. The van der Waals surface area contributed by atoms with Crippen molar-refractivity contribution < 1.29 is 18.3 Å². The Kier molecular flexibility index (Phi) is 4.66. The first kappa shape index (κ1) is 15.3. The quantitative estimate of drug-likeness (QED) is 0.862. The van der Waals surface area contributed by atoms with Crippen LogP contribution in [0.3, 0.4) is 0 Å². The van der Waals surface area contributed by atoms with E-state index in [1.54, 1.807) is 5.38 Å². The summed E-state index contributed by atoms with van der Waals surface area (Å²) in [5.41, 5.74) is 1.40. The van der Waals surface area contributed by atoms with Crippen molar-refractivity contribution in [2.75, 3.05) is 11.9 Å². The molecule has 108 valence electrons. The van der Waals surface area contributed by atoms with Crippen LogP contribution in [-0.2, 0) is 0 Å². The first-order valence-corrected chi connectivity index (χ1v) is 7.23. The predicted molar refractivity (Wildman–Crippen MR) is 75.8 cm³/mol. The number of hydrogen-bond donors (Lipinski definition) is 2. The van der Waals surface area contributed by atoms with E-state index in [0.717, 1.165) is 21.4 Å². The van der Waals surface area contributed by atoms with Gasteiger partial charge in [-0.15, -0.1) is 11.3 Å². The molecule has 20 heavy (non-hydrogen) atoms. The summed E-state index contributed by atoms with van der Waals surface area (Å²) in [4.78, 5) is 4.09. The van der Waals surface area contributed by atoms with E-state index in [4.69, 9.17) is 5.11 Å². The summed E-state index contributed by atoms with van der Waals surface area (Å²) in [5, 5.41) is 12.7. The number of rotatable bonds is 4. The molecule has 0 aliphatic rings. The van der Waals surface area contributed by atoms with Crippen LogP contribution in [0.5, 0.6) is 0 Å². The van der Waals surface area contributed by atoms with Gasteiger partial charge in [-0.1, -0.05) is 28.1 Å². The molecule has 0 saturated carbocycles. The van der Waals surface area contributed by atoms with Crippen LogP contribution in [0.15, 0.2) is 34.1 Å². The summed E-state index contributed by atoms with van der Waals surface area (Å²) >= 11 is 4.37. The normalized spacial score (nSPS) is 13.2. The Morgan fingerprint density at radius 3 is 2.50 bits per heavy atom. The molecule has 0 bridgehead atoms. The molecule has 2 rings (SSSR count). The standard InChI is InChI=1S/C12H10BrF3N2OS/c13-8-3-1-7(2-4-8)9-6-20-11(17-9)18-10(5-19)12(14,15)16/h1-4,6,10,19H,5H2,(H,17,18). The van der Waals surface area contributed by atoms with Gasteiger partial charge in [0.15, 0.2) is 5.13 Å². The van der Waals surface area contributed by atoms with Gasteiger partial charge >= 0.3 is 6.18 Å². The number of aromatic nitrogens is 1. The zero-order valence-electron chi connectivity index (χ0n) is 9.99. The van der Waals surface area contributed by atoms with E-state index in [1.165, 1.54) is 0 Å². The number of anilines is 1. The predicted octanol–water partition coefficient (Wildman–Crippen LogP) is 3.91. The molecule has 0 radical (unpaired) electrons. The summed E-state index contributed by atoms with van der Waals surface area (Å²) in [6.45, 7) is -1.03. The Morgan fingerprint density at radius 1 is 1.30 bits per heavy atom. The molecule has 1 aromatic heterocycles. The lowest BCUT2D eigenvalue weighted by Crippen LogP contribution is -2.39. The van der Waals surface area contributed by atoms with Crippen LogP contribution in [0, 0.1) is 0 Å². The van der Waals surface area contributed by atoms with Gasteiger partial charge < -0.3 is 10.4 Å². The fraction of sp³-hybridized carbons (Fsp3) is 0.250. The maximum absolute atomic E-state index is 12.5. The number of alkyl halides is 3. The fourth-order valence-electron chi connectivity index (χ4n) is 1.47. The zero-order chi connectivity index (χ0) is 14.8. The molecular weight excluding hydrogens is 357 g/mol. The van der Waals surface area contributed by atoms with Crippen molar-refractivity contribution in [2.45, 2.75) is 12.2 Å². The van der Waals surface area contributed by atoms with Crippen LogP contribution in [-0.4, -0.2) is 28.9 Å². The molecule has 8 heteroatoms. The summed E-state index contributed by atoms with van der Waals surface area (Å²) in [6, 6.07) is 5.28. The smallest absolute Gasteiger partial charge is 0.394 e. The van der Waals surface area contributed by atoms with Gasteiger partial charge in [-0.2, -0.15) is 13.2 Å². The molecule has 0 fully saturated rings. The second-order valence-corrected chi connectivity index (χ2v) is 5.74. The summed E-state index contributed by atoms with van der Waals surface area (Å²) in [6.07, 6.45) is -4.52. The number of aliphatic hydroxyl groups is 1. The maximum atomic E-state index is 12.5. The highest BCUT2D eigenvalue weighted by Gasteiger charge is 2.39. The van der Waals surface area contributed by atoms with Gasteiger partial charge in [0.2, 0.25) is 0 Å². The number of halogens is 4. The molecule has 0 aliphatic heterocycles. The van der Waals surface area contributed by atoms with Crippen molar-refractivity contribution in [3.8, 4) is 11.3 Å². The summed E-state index contributed by atoms with van der Waals surface area (Å²) < 4.78 is 38.5. The van der Waals surface area contributed by atoms with Crippen molar-refractivity contribution in [3.63, 3.8) is 0 Å². The second-order valence-electron chi connectivity index (χ2n) is 3.97. The Bertz CT molecular complexity index is 571. The van der Waals surface area contributed by atoms with Gasteiger partial charge in [-0.05, 0) is 12.1 Å². The van der Waals surface area contributed by atoms with Crippen molar-refractivity contribution in [2.24, 2.45) is 0 Å². The van der Waals surface area contributed by atoms with E-state index < -0.39 is 18.8 Å². The lowest BCUT2D eigenvalue weighted by atomic mass is 10.2. The third-order valence-corrected chi connectivity index (χ3v) is 3.82. The third-order valence-electron chi connectivity index (χ3n) is 2.52. The molecule has 0 saturated heterocycles. The molecule has 1 unspecified atom stereocenters. The van der Waals surface area contributed by atoms with E-state index in [1.807, 2.05) is 24.3 Å². The minimum Gasteiger partial charge on any atom is -0.394 e. The lowest BCUT2D eigenvalue weighted by molar-refractivity contribution is -0.149. The van der Waals surface area contributed by atoms with Gasteiger partial charge in [0, 0.05) is 15.4 Å². The number of nitrogens with one attached hydrogen (secondary N) is 1. The van der Waals surface area contributed by atoms with Crippen LogP contribution < -0.4 is 5.32 Å². The number of aliphatic hydroxyl groups excluding tert-OH is 1. The first-order valence-electron chi connectivity index (χ1n) is 5.55. The monoisotopic (exact) mass is 366 g/mol. The molecule has 0 amide bonds. The Morgan fingerprint density at radius 2 is 1.95 bits per heavy atom. The highest BCUT2D eigenvalue weighted by molar-refractivity contribution is 9.10. The van der Waals surface area contributed by atoms with Crippen molar-refractivity contribution in [1.29, 1.82) is 0 Å². The minimum atomic E-state index is -4.52. The molecule has 1 heterocycles. The highest BCUT2D eigenvalue weighted by Crippen LogP contribution is 2.29. The van der Waals surface area contributed by atoms with Gasteiger partial charge in [0.25, 0.3) is 0 Å². The SMILES string of the molecule is OCC(Nc1nc(-c2ccc(Br)cc2)cs1)C(F)(F)F. The molecule has 1 aromatic carbocycles. The highest BCUT2D eigenvalue weighted by atomic mass is 79.9. The molecule has 0 spiro atoms. The number of hydrogen-bond acceptors (Lipinski definition) is 4. The largest absolute Gasteiger partial charge is 0.410 e. The van der Waals surface area contributed by atoms with Crippen LogP contribution in [0.4, 0.5) is 18.3 Å². The first-order chi connectivity index (χ1) is 9.40. The minimum absolute atomic E-state index is 0.124. The Balaban J connectivity index is 2.15. The Hall–Kier alpha value is -1.12. The molecular formula is C12H10BrF3N2OS. The maximum Gasteiger partial charge on any atom is 0.410 e. The number of benzene rings is 1. The van der Waals surface area contributed by atoms with Gasteiger partial charge in [0.1, 0.15) is 6.04 Å². The molecule has 2 N–H and O–H groups in total. The Labute approximate surface area is 125 Å². The third kappa shape index (κ3) is 3.71. The van der Waals surface area contributed by atoms with E-state index >= 15 is 0 Å². The molecule has 1 atom stereocenters. The number of thiazole rings is 1. The van der Waals surface area contributed by atoms with Crippen LogP contribution >= 0.6 is 27.3 Å². The molecule has 3 nitrogen and oxygen atoms in total. The van der Waals surface area contributed by atoms with Gasteiger partial charge in [-0.25, -0.2) is 4.98 Å². The molecule has 0 aliphatic carbocycles. The summed E-state index contributed by atoms with van der Waals surface area (Å²) in [5.74, 6) is 0. The van der Waals surface area contributed by atoms with Gasteiger partial charge in [0.05, 0.1) is 12.3 Å².